The molecule has 1 aromatic carbocycles. The molecule has 0 saturated carbocycles. The molecule has 1 aromatic heterocycles. The third-order valence-corrected chi connectivity index (χ3v) is 3.50. The van der Waals surface area contributed by atoms with E-state index in [2.05, 4.69) is 31.0 Å². The summed E-state index contributed by atoms with van der Waals surface area (Å²) in [4.78, 5) is 20.5. The quantitative estimate of drug-likeness (QED) is 0.481. The lowest BCUT2D eigenvalue weighted by atomic mass is 10.2. The summed E-state index contributed by atoms with van der Waals surface area (Å²) in [5, 5.41) is 13.2. The Balaban J connectivity index is 1.73. The molecule has 2 aromatic rings. The SMILES string of the molecule is CCNC(=NCc1ncnn1C)NCCC(=O)NCc1ccccc1. The number of nitrogens with one attached hydrogen (secondary N) is 3. The van der Waals surface area contributed by atoms with E-state index in [0.717, 1.165) is 17.9 Å². The summed E-state index contributed by atoms with van der Waals surface area (Å²) in [6.07, 6.45) is 1.88. The van der Waals surface area contributed by atoms with Gasteiger partial charge in [-0.2, -0.15) is 5.10 Å². The second-order valence-electron chi connectivity index (χ2n) is 5.43. The number of nitrogens with zero attached hydrogens (tertiary/aromatic N) is 4. The largest absolute Gasteiger partial charge is 0.357 e. The van der Waals surface area contributed by atoms with Crippen molar-refractivity contribution in [3.63, 3.8) is 0 Å². The number of aliphatic imine (C=N–C) groups is 1. The van der Waals surface area contributed by atoms with E-state index in [4.69, 9.17) is 0 Å². The van der Waals surface area contributed by atoms with Crippen molar-refractivity contribution in [3.8, 4) is 0 Å². The molecule has 1 heterocycles. The van der Waals surface area contributed by atoms with Crippen LogP contribution in [0.5, 0.6) is 0 Å². The predicted molar refractivity (Wildman–Crippen MR) is 96.7 cm³/mol. The molecule has 1 amide bonds. The van der Waals surface area contributed by atoms with Gasteiger partial charge >= 0.3 is 0 Å². The van der Waals surface area contributed by atoms with Crippen molar-refractivity contribution in [1.82, 2.24) is 30.7 Å². The summed E-state index contributed by atoms with van der Waals surface area (Å²) in [5.41, 5.74) is 1.09. The van der Waals surface area contributed by atoms with Gasteiger partial charge in [0.05, 0.1) is 0 Å². The molecule has 0 bridgehead atoms. The summed E-state index contributed by atoms with van der Waals surface area (Å²) < 4.78 is 1.68. The van der Waals surface area contributed by atoms with E-state index in [1.807, 2.05) is 44.3 Å². The van der Waals surface area contributed by atoms with Crippen molar-refractivity contribution < 1.29 is 4.79 Å². The minimum Gasteiger partial charge on any atom is -0.357 e. The molecule has 0 fully saturated rings. The Morgan fingerprint density at radius 3 is 2.68 bits per heavy atom. The zero-order valence-electron chi connectivity index (χ0n) is 14.7. The average molecular weight is 343 g/mol. The van der Waals surface area contributed by atoms with Gasteiger partial charge in [-0.25, -0.2) is 9.98 Å². The number of carbonyl (C=O) groups excluding carboxylic acids is 1. The van der Waals surface area contributed by atoms with Crippen LogP contribution in [0.2, 0.25) is 0 Å². The standard InChI is InChI=1S/C17H25N7O/c1-3-18-17(21-12-15-22-13-23-24(15)2)19-10-9-16(25)20-11-14-7-5-4-6-8-14/h4-8,13H,3,9-12H2,1-2H3,(H,20,25)(H2,18,19,21). The number of aryl methyl sites for hydroxylation is 1. The number of guanidine groups is 1. The maximum Gasteiger partial charge on any atom is 0.222 e. The number of benzene rings is 1. The van der Waals surface area contributed by atoms with Gasteiger partial charge in [0.25, 0.3) is 0 Å². The molecule has 0 spiro atoms. The summed E-state index contributed by atoms with van der Waals surface area (Å²) >= 11 is 0. The monoisotopic (exact) mass is 343 g/mol. The first-order chi connectivity index (χ1) is 12.2. The molecule has 8 nitrogen and oxygen atoms in total. The Labute approximate surface area is 147 Å². The third-order valence-electron chi connectivity index (χ3n) is 3.50. The second-order valence-corrected chi connectivity index (χ2v) is 5.43. The smallest absolute Gasteiger partial charge is 0.222 e. The fourth-order valence-electron chi connectivity index (χ4n) is 2.13. The Hall–Kier alpha value is -2.90. The topological polar surface area (TPSA) is 96.2 Å². The van der Waals surface area contributed by atoms with Crippen molar-refractivity contribution in [2.45, 2.75) is 26.4 Å². The molecule has 0 radical (unpaired) electrons. The van der Waals surface area contributed by atoms with Crippen LogP contribution >= 0.6 is 0 Å². The van der Waals surface area contributed by atoms with Gasteiger partial charge in [0, 0.05) is 33.1 Å². The van der Waals surface area contributed by atoms with Crippen LogP contribution < -0.4 is 16.0 Å². The van der Waals surface area contributed by atoms with Crippen LogP contribution in [0.4, 0.5) is 0 Å². The van der Waals surface area contributed by atoms with Crippen molar-refractivity contribution in [1.29, 1.82) is 0 Å². The van der Waals surface area contributed by atoms with Gasteiger partial charge in [-0.05, 0) is 12.5 Å². The van der Waals surface area contributed by atoms with Gasteiger partial charge in [0.1, 0.15) is 18.7 Å². The number of amides is 1. The molecule has 2 rings (SSSR count). The number of hydrogen-bond donors (Lipinski definition) is 3. The lowest BCUT2D eigenvalue weighted by Gasteiger charge is -2.11. The van der Waals surface area contributed by atoms with Gasteiger partial charge in [-0.3, -0.25) is 9.48 Å². The molecule has 0 aliphatic rings. The van der Waals surface area contributed by atoms with Crippen molar-refractivity contribution >= 4 is 11.9 Å². The number of rotatable bonds is 8. The average Bonchev–Trinajstić information content (AvgIpc) is 3.04. The normalized spacial score (nSPS) is 11.2. The van der Waals surface area contributed by atoms with E-state index >= 15 is 0 Å². The minimum atomic E-state index is 0.000466. The van der Waals surface area contributed by atoms with E-state index in [9.17, 15) is 4.79 Å². The van der Waals surface area contributed by atoms with Gasteiger partial charge in [0.2, 0.25) is 5.91 Å². The second kappa shape index (κ2) is 10.1. The molecule has 0 saturated heterocycles. The molecular weight excluding hydrogens is 318 g/mol. The first-order valence-corrected chi connectivity index (χ1v) is 8.34. The van der Waals surface area contributed by atoms with Gasteiger partial charge < -0.3 is 16.0 Å². The lowest BCUT2D eigenvalue weighted by Crippen LogP contribution is -2.39. The van der Waals surface area contributed by atoms with Crippen LogP contribution in [-0.2, 0) is 24.9 Å². The molecule has 0 aliphatic heterocycles. The maximum absolute atomic E-state index is 11.9. The van der Waals surface area contributed by atoms with E-state index in [0.29, 0.717) is 32.0 Å². The van der Waals surface area contributed by atoms with Crippen LogP contribution in [0.3, 0.4) is 0 Å². The highest BCUT2D eigenvalue weighted by molar-refractivity contribution is 5.81. The number of aromatic nitrogens is 3. The number of hydrogen-bond acceptors (Lipinski definition) is 4. The summed E-state index contributed by atoms with van der Waals surface area (Å²) in [5.74, 6) is 1.43. The van der Waals surface area contributed by atoms with E-state index in [-0.39, 0.29) is 5.91 Å². The molecule has 3 N–H and O–H groups in total. The van der Waals surface area contributed by atoms with Crippen molar-refractivity contribution in [3.05, 3.63) is 48.0 Å². The number of carbonyl (C=O) groups is 1. The minimum absolute atomic E-state index is 0.000466. The summed E-state index contributed by atoms with van der Waals surface area (Å²) in [6, 6.07) is 9.85. The van der Waals surface area contributed by atoms with E-state index in [1.54, 1.807) is 4.68 Å². The highest BCUT2D eigenvalue weighted by Gasteiger charge is 2.04. The Bertz CT molecular complexity index is 681. The first kappa shape index (κ1) is 18.4. The molecular formula is C17H25N7O. The van der Waals surface area contributed by atoms with Crippen molar-refractivity contribution in [2.24, 2.45) is 12.0 Å². The van der Waals surface area contributed by atoms with Crippen molar-refractivity contribution in [2.75, 3.05) is 13.1 Å². The van der Waals surface area contributed by atoms with Gasteiger partial charge in [0.15, 0.2) is 5.96 Å². The van der Waals surface area contributed by atoms with Crippen LogP contribution in [0, 0.1) is 0 Å². The van der Waals surface area contributed by atoms with Gasteiger partial charge in [-0.15, -0.1) is 0 Å². The lowest BCUT2D eigenvalue weighted by molar-refractivity contribution is -0.121. The fraction of sp³-hybridized carbons (Fsp3) is 0.412. The molecule has 0 aliphatic carbocycles. The highest BCUT2D eigenvalue weighted by Crippen LogP contribution is 1.97. The van der Waals surface area contributed by atoms with E-state index < -0.39 is 0 Å². The first-order valence-electron chi connectivity index (χ1n) is 8.34. The molecule has 0 unspecified atom stereocenters. The molecule has 25 heavy (non-hydrogen) atoms. The van der Waals surface area contributed by atoms with Crippen LogP contribution in [-0.4, -0.2) is 39.7 Å². The molecule has 8 heteroatoms. The zero-order chi connectivity index (χ0) is 17.9. The predicted octanol–water partition coefficient (Wildman–Crippen LogP) is 0.577. The van der Waals surface area contributed by atoms with Crippen LogP contribution in [0.15, 0.2) is 41.7 Å². The van der Waals surface area contributed by atoms with E-state index in [1.165, 1.54) is 6.33 Å². The zero-order valence-corrected chi connectivity index (χ0v) is 14.7. The summed E-state index contributed by atoms with van der Waals surface area (Å²) in [7, 11) is 1.83. The highest BCUT2D eigenvalue weighted by atomic mass is 16.1. The van der Waals surface area contributed by atoms with Crippen LogP contribution in [0.1, 0.15) is 24.7 Å². The van der Waals surface area contributed by atoms with Gasteiger partial charge in [-0.1, -0.05) is 30.3 Å². The Morgan fingerprint density at radius 2 is 2.00 bits per heavy atom. The third kappa shape index (κ3) is 6.62. The Kier molecular flexibility index (Phi) is 7.42. The summed E-state index contributed by atoms with van der Waals surface area (Å²) in [6.45, 7) is 4.20. The molecule has 0 atom stereocenters. The maximum atomic E-state index is 11.9. The molecule has 134 valence electrons. The fourth-order valence-corrected chi connectivity index (χ4v) is 2.13. The Morgan fingerprint density at radius 1 is 1.20 bits per heavy atom. The van der Waals surface area contributed by atoms with Crippen LogP contribution in [0.25, 0.3) is 0 Å².